The molecule has 1 unspecified atom stereocenters. The van der Waals surface area contributed by atoms with Crippen molar-refractivity contribution in [1.29, 1.82) is 5.41 Å². The number of benzene rings is 1. The van der Waals surface area contributed by atoms with E-state index < -0.39 is 8.07 Å². The molecule has 2 aromatic rings. The second kappa shape index (κ2) is 12.6. The molecule has 1 atom stereocenters. The molecule has 1 N–H and O–H groups in total. The van der Waals surface area contributed by atoms with Gasteiger partial charge >= 0.3 is 5.97 Å². The Kier molecular flexibility index (Phi) is 9.56. The van der Waals surface area contributed by atoms with E-state index in [4.69, 9.17) is 24.4 Å². The molecule has 0 fully saturated rings. The van der Waals surface area contributed by atoms with Crippen molar-refractivity contribution in [3.05, 3.63) is 47.7 Å². The van der Waals surface area contributed by atoms with E-state index in [1.807, 2.05) is 24.3 Å². The molecule has 1 aromatic heterocycles. The number of carbonyl (C=O) groups is 1. The smallest absolute Gasteiger partial charge is 0.306 e. The van der Waals surface area contributed by atoms with Crippen LogP contribution in [0.4, 0.5) is 0 Å². The Morgan fingerprint density at radius 3 is 2.80 bits per heavy atom. The summed E-state index contributed by atoms with van der Waals surface area (Å²) in [6, 6.07) is 10.3. The van der Waals surface area contributed by atoms with E-state index in [1.54, 1.807) is 19.2 Å². The zero-order valence-electron chi connectivity index (χ0n) is 21.0. The molecule has 0 saturated carbocycles. The number of esters is 1. The van der Waals surface area contributed by atoms with Gasteiger partial charge in [0, 0.05) is 62.7 Å². The molecule has 1 aromatic carbocycles. The van der Waals surface area contributed by atoms with E-state index in [9.17, 15) is 4.79 Å². The van der Waals surface area contributed by atoms with Crippen LogP contribution >= 0.6 is 0 Å². The number of pyridine rings is 1. The lowest BCUT2D eigenvalue weighted by molar-refractivity contribution is -0.143. The fraction of sp³-hybridized carbons (Fsp3) is 0.462. The van der Waals surface area contributed by atoms with Gasteiger partial charge in [0.2, 0.25) is 5.88 Å². The summed E-state index contributed by atoms with van der Waals surface area (Å²) in [5, 5.41) is 7.48. The zero-order valence-corrected chi connectivity index (χ0v) is 22.0. The van der Waals surface area contributed by atoms with Crippen LogP contribution < -0.4 is 9.47 Å². The normalized spacial score (nSPS) is 15.3. The third-order valence-corrected chi connectivity index (χ3v) is 7.22. The zero-order chi connectivity index (χ0) is 25.3. The van der Waals surface area contributed by atoms with E-state index in [1.165, 1.54) is 6.21 Å². The molecule has 8 nitrogen and oxygen atoms in total. The molecule has 1 aliphatic heterocycles. The molecule has 0 aliphatic carbocycles. The van der Waals surface area contributed by atoms with Gasteiger partial charge in [0.05, 0.1) is 25.3 Å². The second-order valence-corrected chi connectivity index (χ2v) is 15.2. The first-order valence-corrected chi connectivity index (χ1v) is 15.7. The van der Waals surface area contributed by atoms with Crippen LogP contribution in [0.3, 0.4) is 0 Å². The number of aliphatic imine (C=N–C) groups is 1. The molecule has 0 saturated heterocycles. The van der Waals surface area contributed by atoms with Gasteiger partial charge < -0.3 is 24.4 Å². The molecule has 35 heavy (non-hydrogen) atoms. The highest BCUT2D eigenvalue weighted by molar-refractivity contribution is 6.76. The van der Waals surface area contributed by atoms with Crippen molar-refractivity contribution in [3.63, 3.8) is 0 Å². The van der Waals surface area contributed by atoms with Crippen molar-refractivity contribution < 1.29 is 23.7 Å². The molecular formula is C26H35N3O5Si. The highest BCUT2D eigenvalue weighted by Gasteiger charge is 2.27. The largest absolute Gasteiger partial charge is 0.492 e. The SMILES string of the molecule is CCOC(=O)CC1COc2cc(Oc3ccc(C(CC=N)=NCOCC[Si](C)(C)C)cn3)ccc21. The molecule has 3 rings (SSSR count). The quantitative estimate of drug-likeness (QED) is 0.171. The maximum Gasteiger partial charge on any atom is 0.306 e. The summed E-state index contributed by atoms with van der Waals surface area (Å²) in [7, 11) is -1.13. The van der Waals surface area contributed by atoms with E-state index in [2.05, 4.69) is 29.6 Å². The number of fused-ring (bicyclic) bond motifs is 1. The minimum absolute atomic E-state index is 0.0124. The third-order valence-electron chi connectivity index (χ3n) is 5.51. The summed E-state index contributed by atoms with van der Waals surface area (Å²) < 4.78 is 22.4. The fourth-order valence-electron chi connectivity index (χ4n) is 3.58. The third kappa shape index (κ3) is 8.29. The first-order valence-electron chi connectivity index (χ1n) is 12.0. The Hall–Kier alpha value is -3.04. The van der Waals surface area contributed by atoms with E-state index >= 15 is 0 Å². The van der Waals surface area contributed by atoms with Crippen LogP contribution in [-0.2, 0) is 14.3 Å². The van der Waals surface area contributed by atoms with Gasteiger partial charge in [-0.15, -0.1) is 0 Å². The minimum atomic E-state index is -1.13. The van der Waals surface area contributed by atoms with E-state index in [-0.39, 0.29) is 18.6 Å². The van der Waals surface area contributed by atoms with Crippen molar-refractivity contribution in [2.24, 2.45) is 4.99 Å². The lowest BCUT2D eigenvalue weighted by Gasteiger charge is -2.14. The Morgan fingerprint density at radius 2 is 2.11 bits per heavy atom. The van der Waals surface area contributed by atoms with E-state index in [0.29, 0.717) is 50.0 Å². The summed E-state index contributed by atoms with van der Waals surface area (Å²) >= 11 is 0. The summed E-state index contributed by atoms with van der Waals surface area (Å²) in [6.07, 6.45) is 3.73. The maximum atomic E-state index is 11.8. The van der Waals surface area contributed by atoms with E-state index in [0.717, 1.165) is 22.9 Å². The first kappa shape index (κ1) is 26.6. The van der Waals surface area contributed by atoms with Crippen molar-refractivity contribution in [3.8, 4) is 17.4 Å². The van der Waals surface area contributed by atoms with Gasteiger partial charge in [-0.25, -0.2) is 4.98 Å². The minimum Gasteiger partial charge on any atom is -0.492 e. The van der Waals surface area contributed by atoms with Gasteiger partial charge in [0.1, 0.15) is 18.2 Å². The lowest BCUT2D eigenvalue weighted by Crippen LogP contribution is -2.21. The van der Waals surface area contributed by atoms with Crippen molar-refractivity contribution >= 4 is 26.0 Å². The van der Waals surface area contributed by atoms with Crippen LogP contribution in [0.1, 0.15) is 36.8 Å². The van der Waals surface area contributed by atoms with Gasteiger partial charge in [-0.3, -0.25) is 9.79 Å². The first-order chi connectivity index (χ1) is 16.8. The molecule has 2 heterocycles. The highest BCUT2D eigenvalue weighted by Crippen LogP contribution is 2.39. The number of carbonyl (C=O) groups excluding carboxylic acids is 1. The Morgan fingerprint density at radius 1 is 1.29 bits per heavy atom. The number of nitrogens with one attached hydrogen (secondary N) is 1. The predicted octanol–water partition coefficient (Wildman–Crippen LogP) is 5.44. The second-order valence-electron chi connectivity index (χ2n) is 9.56. The Bertz CT molecular complexity index is 1030. The summed E-state index contributed by atoms with van der Waals surface area (Å²) in [4.78, 5) is 20.8. The molecular weight excluding hydrogens is 462 g/mol. The number of nitrogens with zero attached hydrogens (tertiary/aromatic N) is 2. The van der Waals surface area contributed by atoms with Gasteiger partial charge in [-0.2, -0.15) is 0 Å². The van der Waals surface area contributed by atoms with Gasteiger partial charge in [0.25, 0.3) is 0 Å². The van der Waals surface area contributed by atoms with Gasteiger partial charge in [0.15, 0.2) is 0 Å². The number of ether oxygens (including phenoxy) is 4. The molecule has 0 radical (unpaired) electrons. The Labute approximate surface area is 208 Å². The van der Waals surface area contributed by atoms with Crippen molar-refractivity contribution in [2.75, 3.05) is 26.6 Å². The van der Waals surface area contributed by atoms with Crippen molar-refractivity contribution in [2.45, 2.75) is 51.4 Å². The van der Waals surface area contributed by atoms with Crippen LogP contribution in [0.15, 0.2) is 41.5 Å². The lowest BCUT2D eigenvalue weighted by atomic mass is 9.98. The van der Waals surface area contributed by atoms with Gasteiger partial charge in [-0.1, -0.05) is 25.7 Å². The Balaban J connectivity index is 1.60. The fourth-order valence-corrected chi connectivity index (χ4v) is 4.34. The highest BCUT2D eigenvalue weighted by atomic mass is 28.3. The van der Waals surface area contributed by atoms with Crippen LogP contribution in [0.25, 0.3) is 0 Å². The summed E-state index contributed by atoms with van der Waals surface area (Å²) in [5.74, 6) is 1.52. The monoisotopic (exact) mass is 497 g/mol. The van der Waals surface area contributed by atoms with Crippen LogP contribution in [0.5, 0.6) is 17.4 Å². The van der Waals surface area contributed by atoms with Gasteiger partial charge in [-0.05, 0) is 25.1 Å². The molecule has 0 amide bonds. The topological polar surface area (TPSA) is 103 Å². The molecule has 0 spiro atoms. The standard InChI is InChI=1S/C26H35N3O5Si/c1-5-32-26(30)14-20-17-33-24-15-21(7-8-22(20)24)34-25-9-6-19(16-28-25)23(10-11-27)29-18-31-12-13-35(2,3)4/h6-9,11,15-16,20,27H,5,10,12-14,17-18H2,1-4H3. The van der Waals surface area contributed by atoms with Crippen molar-refractivity contribution in [1.82, 2.24) is 4.98 Å². The molecule has 0 bridgehead atoms. The maximum absolute atomic E-state index is 11.8. The summed E-state index contributed by atoms with van der Waals surface area (Å²) in [5.41, 5.74) is 2.56. The molecule has 9 heteroatoms. The number of hydrogen-bond acceptors (Lipinski definition) is 8. The average Bonchev–Trinajstić information content (AvgIpc) is 3.20. The summed E-state index contributed by atoms with van der Waals surface area (Å²) in [6.45, 7) is 10.5. The number of rotatable bonds is 13. The molecule has 188 valence electrons. The average molecular weight is 498 g/mol. The number of hydrogen-bond donors (Lipinski definition) is 1. The van der Waals surface area contributed by atoms with Crippen LogP contribution in [0.2, 0.25) is 25.7 Å². The number of aromatic nitrogens is 1. The van der Waals surface area contributed by atoms with Crippen LogP contribution in [-0.4, -0.2) is 57.5 Å². The molecule has 1 aliphatic rings. The van der Waals surface area contributed by atoms with Crippen LogP contribution in [0, 0.1) is 5.41 Å². The predicted molar refractivity (Wildman–Crippen MR) is 139 cm³/mol.